The van der Waals surface area contributed by atoms with E-state index in [0.717, 1.165) is 17.0 Å². The van der Waals surface area contributed by atoms with E-state index in [0.29, 0.717) is 30.1 Å². The van der Waals surface area contributed by atoms with Crippen molar-refractivity contribution in [2.45, 2.75) is 31.7 Å². The maximum atomic E-state index is 14.6. The summed E-state index contributed by atoms with van der Waals surface area (Å²) < 4.78 is 20.0. The number of nitrogens with zero attached hydrogens (tertiary/aromatic N) is 1. The van der Waals surface area contributed by atoms with Crippen LogP contribution in [0.1, 0.15) is 29.5 Å². The Bertz CT molecular complexity index is 673. The topological polar surface area (TPSA) is 74.2 Å². The lowest BCUT2D eigenvalue weighted by Crippen LogP contribution is -2.42. The Morgan fingerprint density at radius 2 is 2.29 bits per heavy atom. The van der Waals surface area contributed by atoms with Crippen molar-refractivity contribution in [2.24, 2.45) is 5.73 Å². The van der Waals surface area contributed by atoms with E-state index in [1.165, 1.54) is 11.3 Å². The van der Waals surface area contributed by atoms with E-state index < -0.39 is 5.54 Å². The van der Waals surface area contributed by atoms with Gasteiger partial charge in [0, 0.05) is 22.4 Å². The molecule has 2 aromatic rings. The van der Waals surface area contributed by atoms with Gasteiger partial charge in [-0.25, -0.2) is 9.37 Å². The van der Waals surface area contributed by atoms with Crippen LogP contribution in [0.2, 0.25) is 0 Å². The number of nitrogen functional groups attached to an aromatic ring is 1. The second-order valence-corrected chi connectivity index (χ2v) is 6.42. The molecule has 0 fully saturated rings. The average molecular weight is 307 g/mol. The Kier molecular flexibility index (Phi) is 3.59. The molecule has 3 rings (SSSR count). The lowest BCUT2D eigenvalue weighted by atomic mass is 9.78. The number of halogens is 1. The first-order valence-corrected chi connectivity index (χ1v) is 7.80. The summed E-state index contributed by atoms with van der Waals surface area (Å²) in [5, 5.41) is 0.549. The smallest absolute Gasteiger partial charge is 0.180 e. The van der Waals surface area contributed by atoms with Crippen LogP contribution in [0.15, 0.2) is 18.2 Å². The molecule has 21 heavy (non-hydrogen) atoms. The summed E-state index contributed by atoms with van der Waals surface area (Å²) >= 11 is 1.44. The first kappa shape index (κ1) is 14.3. The van der Waals surface area contributed by atoms with Crippen LogP contribution >= 0.6 is 11.3 Å². The number of ether oxygens (including phenoxy) is 1. The number of benzene rings is 1. The molecule has 0 spiro atoms. The molecule has 0 amide bonds. The summed E-state index contributed by atoms with van der Waals surface area (Å²) in [5.41, 5.74) is 13.0. The van der Waals surface area contributed by atoms with Crippen molar-refractivity contribution in [3.8, 4) is 5.75 Å². The monoisotopic (exact) mass is 307 g/mol. The summed E-state index contributed by atoms with van der Waals surface area (Å²) in [6.07, 6.45) is 1.93. The number of thiazole rings is 1. The van der Waals surface area contributed by atoms with Gasteiger partial charge in [0.15, 0.2) is 16.7 Å². The molecule has 0 aliphatic heterocycles. The Hall–Kier alpha value is -1.66. The third kappa shape index (κ3) is 2.49. The zero-order valence-electron chi connectivity index (χ0n) is 11.9. The summed E-state index contributed by atoms with van der Waals surface area (Å²) in [6.45, 7) is 2.25. The maximum Gasteiger partial charge on any atom is 0.180 e. The lowest BCUT2D eigenvalue weighted by Gasteiger charge is -2.33. The van der Waals surface area contributed by atoms with Gasteiger partial charge < -0.3 is 16.2 Å². The van der Waals surface area contributed by atoms with E-state index in [-0.39, 0.29) is 11.6 Å². The van der Waals surface area contributed by atoms with Gasteiger partial charge >= 0.3 is 0 Å². The molecule has 0 saturated carbocycles. The van der Waals surface area contributed by atoms with Crippen LogP contribution in [0.4, 0.5) is 9.52 Å². The van der Waals surface area contributed by atoms with Crippen molar-refractivity contribution in [1.82, 2.24) is 4.98 Å². The van der Waals surface area contributed by atoms with Crippen molar-refractivity contribution >= 4 is 16.5 Å². The molecule has 1 heterocycles. The van der Waals surface area contributed by atoms with Crippen LogP contribution in [0.25, 0.3) is 0 Å². The highest BCUT2D eigenvalue weighted by Gasteiger charge is 2.36. The highest BCUT2D eigenvalue weighted by Crippen LogP contribution is 2.39. The van der Waals surface area contributed by atoms with Crippen LogP contribution in [0, 0.1) is 5.82 Å². The van der Waals surface area contributed by atoms with E-state index >= 15 is 0 Å². The Labute approximate surface area is 126 Å². The van der Waals surface area contributed by atoms with Crippen LogP contribution in [-0.2, 0) is 18.4 Å². The molecule has 1 aromatic heterocycles. The Balaban J connectivity index is 1.98. The number of aromatic nitrogens is 1. The van der Waals surface area contributed by atoms with Gasteiger partial charge in [0.25, 0.3) is 0 Å². The molecule has 0 bridgehead atoms. The normalized spacial score (nSPS) is 21.1. The molecular weight excluding hydrogens is 289 g/mol. The summed E-state index contributed by atoms with van der Waals surface area (Å²) in [6, 6.07) is 5.16. The van der Waals surface area contributed by atoms with Gasteiger partial charge in [0.1, 0.15) is 0 Å². The quantitative estimate of drug-likeness (QED) is 0.914. The third-order valence-electron chi connectivity index (χ3n) is 3.88. The fourth-order valence-corrected chi connectivity index (χ4v) is 3.85. The van der Waals surface area contributed by atoms with Crippen LogP contribution in [0.3, 0.4) is 0 Å². The van der Waals surface area contributed by atoms with E-state index in [4.69, 9.17) is 16.2 Å². The van der Waals surface area contributed by atoms with Crippen molar-refractivity contribution in [3.63, 3.8) is 0 Å². The molecule has 1 aliphatic rings. The molecular formula is C15H18FN3OS. The largest absolute Gasteiger partial charge is 0.491 e. The summed E-state index contributed by atoms with van der Waals surface area (Å²) in [4.78, 5) is 5.36. The first-order chi connectivity index (χ1) is 10.0. The summed E-state index contributed by atoms with van der Waals surface area (Å²) in [5.74, 6) is -0.0998. The average Bonchev–Trinajstić information content (AvgIpc) is 2.80. The van der Waals surface area contributed by atoms with Gasteiger partial charge in [-0.2, -0.15) is 0 Å². The van der Waals surface area contributed by atoms with Crippen LogP contribution in [0.5, 0.6) is 5.75 Å². The fraction of sp³-hybridized carbons (Fsp3) is 0.400. The van der Waals surface area contributed by atoms with Crippen molar-refractivity contribution in [2.75, 3.05) is 12.3 Å². The minimum Gasteiger partial charge on any atom is -0.491 e. The molecule has 1 atom stereocenters. The number of nitrogens with two attached hydrogens (primary N) is 2. The van der Waals surface area contributed by atoms with Crippen LogP contribution < -0.4 is 16.2 Å². The maximum absolute atomic E-state index is 14.6. The van der Waals surface area contributed by atoms with Gasteiger partial charge in [-0.1, -0.05) is 12.1 Å². The minimum absolute atomic E-state index is 0.259. The molecule has 4 nitrogen and oxygen atoms in total. The van der Waals surface area contributed by atoms with Crippen molar-refractivity contribution in [1.29, 1.82) is 0 Å². The van der Waals surface area contributed by atoms with Gasteiger partial charge in [-0.15, -0.1) is 11.3 Å². The van der Waals surface area contributed by atoms with Crippen LogP contribution in [-0.4, -0.2) is 11.6 Å². The fourth-order valence-electron chi connectivity index (χ4n) is 2.85. The molecule has 0 unspecified atom stereocenters. The lowest BCUT2D eigenvalue weighted by molar-refractivity contribution is 0.309. The standard InChI is InChI=1S/C15H18FN3OS/c1-2-20-11-5-3-4-9(13(11)16)15(18)7-6-10-12(8-15)21-14(17)19-10/h3-5H,2,6-8,18H2,1H3,(H2,17,19)/t15-/m0/s1. The number of anilines is 1. The first-order valence-electron chi connectivity index (χ1n) is 6.98. The van der Waals surface area contributed by atoms with E-state index in [9.17, 15) is 4.39 Å². The molecule has 1 aromatic carbocycles. The SMILES string of the molecule is CCOc1cccc([C@]2(N)CCc3nc(N)sc3C2)c1F. The van der Waals surface area contributed by atoms with Crippen molar-refractivity contribution < 1.29 is 9.13 Å². The third-order valence-corrected chi connectivity index (χ3v) is 4.81. The number of hydrogen-bond acceptors (Lipinski definition) is 5. The molecule has 1 aliphatic carbocycles. The molecule has 6 heteroatoms. The predicted octanol–water partition coefficient (Wildman–Crippen LogP) is 2.61. The Morgan fingerprint density at radius 3 is 3.05 bits per heavy atom. The van der Waals surface area contributed by atoms with E-state index in [1.54, 1.807) is 18.2 Å². The van der Waals surface area contributed by atoms with Gasteiger partial charge in [-0.05, 0) is 25.8 Å². The molecule has 112 valence electrons. The van der Waals surface area contributed by atoms with E-state index in [2.05, 4.69) is 4.98 Å². The van der Waals surface area contributed by atoms with Crippen molar-refractivity contribution in [3.05, 3.63) is 40.2 Å². The molecule has 4 N–H and O–H groups in total. The number of hydrogen-bond donors (Lipinski definition) is 2. The zero-order valence-corrected chi connectivity index (χ0v) is 12.7. The van der Waals surface area contributed by atoms with E-state index in [1.807, 2.05) is 6.92 Å². The number of rotatable bonds is 3. The highest BCUT2D eigenvalue weighted by molar-refractivity contribution is 7.15. The molecule has 0 saturated heterocycles. The molecule has 0 radical (unpaired) electrons. The highest BCUT2D eigenvalue weighted by atomic mass is 32.1. The number of fused-ring (bicyclic) bond motifs is 1. The predicted molar refractivity (Wildman–Crippen MR) is 82.0 cm³/mol. The minimum atomic E-state index is -0.733. The van der Waals surface area contributed by atoms with Gasteiger partial charge in [0.05, 0.1) is 12.3 Å². The summed E-state index contributed by atoms with van der Waals surface area (Å²) in [7, 11) is 0. The van der Waals surface area contributed by atoms with Gasteiger partial charge in [0.2, 0.25) is 0 Å². The van der Waals surface area contributed by atoms with Gasteiger partial charge in [-0.3, -0.25) is 0 Å². The second kappa shape index (κ2) is 5.27. The second-order valence-electron chi connectivity index (χ2n) is 5.31. The number of aryl methyl sites for hydroxylation is 1. The Morgan fingerprint density at radius 1 is 1.48 bits per heavy atom. The zero-order chi connectivity index (χ0) is 15.0.